The second kappa shape index (κ2) is 4.34. The molecule has 3 nitrogen and oxygen atoms in total. The summed E-state index contributed by atoms with van der Waals surface area (Å²) in [7, 11) is 1.64. The SMILES string of the molecule is CNC(=O)CCOC1CCC1. The zero-order valence-electron chi connectivity index (χ0n) is 6.93. The number of rotatable bonds is 4. The van der Waals surface area contributed by atoms with Crippen molar-refractivity contribution in [2.75, 3.05) is 13.7 Å². The first-order valence-electron chi connectivity index (χ1n) is 4.15. The number of ether oxygens (including phenoxy) is 1. The van der Waals surface area contributed by atoms with E-state index in [1.807, 2.05) is 0 Å². The maximum absolute atomic E-state index is 10.7. The van der Waals surface area contributed by atoms with Crippen LogP contribution in [0.15, 0.2) is 0 Å². The van der Waals surface area contributed by atoms with Gasteiger partial charge in [0.15, 0.2) is 0 Å². The summed E-state index contributed by atoms with van der Waals surface area (Å²) in [5.74, 6) is 0.0596. The van der Waals surface area contributed by atoms with Crippen LogP contribution in [-0.4, -0.2) is 25.7 Å². The molecule has 11 heavy (non-hydrogen) atoms. The predicted octanol–water partition coefficient (Wildman–Crippen LogP) is 0.692. The van der Waals surface area contributed by atoms with Crippen LogP contribution < -0.4 is 5.32 Å². The van der Waals surface area contributed by atoms with Gasteiger partial charge in [-0.25, -0.2) is 0 Å². The van der Waals surface area contributed by atoms with E-state index in [4.69, 9.17) is 4.74 Å². The lowest BCUT2D eigenvalue weighted by Crippen LogP contribution is -2.25. The number of nitrogens with one attached hydrogen (secondary N) is 1. The molecule has 64 valence electrons. The lowest BCUT2D eigenvalue weighted by Gasteiger charge is -2.25. The molecule has 1 rings (SSSR count). The standard InChI is InChI=1S/C8H15NO2/c1-9-8(10)5-6-11-7-3-2-4-7/h7H,2-6H2,1H3,(H,9,10). The Balaban J connectivity index is 1.90. The highest BCUT2D eigenvalue weighted by Crippen LogP contribution is 2.21. The third-order valence-corrected chi connectivity index (χ3v) is 2.01. The zero-order valence-corrected chi connectivity index (χ0v) is 6.93. The Kier molecular flexibility index (Phi) is 3.36. The summed E-state index contributed by atoms with van der Waals surface area (Å²) in [5, 5.41) is 2.56. The Morgan fingerprint density at radius 1 is 1.64 bits per heavy atom. The number of carbonyl (C=O) groups is 1. The summed E-state index contributed by atoms with van der Waals surface area (Å²) in [5.41, 5.74) is 0. The van der Waals surface area contributed by atoms with Crippen LogP contribution in [0.5, 0.6) is 0 Å². The van der Waals surface area contributed by atoms with Crippen molar-refractivity contribution in [2.24, 2.45) is 0 Å². The fourth-order valence-electron chi connectivity index (χ4n) is 0.981. The maximum atomic E-state index is 10.7. The van der Waals surface area contributed by atoms with Gasteiger partial charge in [-0.15, -0.1) is 0 Å². The van der Waals surface area contributed by atoms with Crippen molar-refractivity contribution in [3.8, 4) is 0 Å². The maximum Gasteiger partial charge on any atom is 0.222 e. The summed E-state index contributed by atoms with van der Waals surface area (Å²) in [6.07, 6.45) is 4.57. The molecule has 0 aliphatic heterocycles. The molecule has 1 amide bonds. The first kappa shape index (κ1) is 8.53. The monoisotopic (exact) mass is 157 g/mol. The van der Waals surface area contributed by atoms with Crippen molar-refractivity contribution >= 4 is 5.91 Å². The van der Waals surface area contributed by atoms with Crippen LogP contribution in [-0.2, 0) is 9.53 Å². The van der Waals surface area contributed by atoms with Crippen molar-refractivity contribution in [1.29, 1.82) is 0 Å². The smallest absolute Gasteiger partial charge is 0.222 e. The van der Waals surface area contributed by atoms with Crippen molar-refractivity contribution < 1.29 is 9.53 Å². The van der Waals surface area contributed by atoms with Gasteiger partial charge in [0.25, 0.3) is 0 Å². The normalized spacial score (nSPS) is 17.5. The van der Waals surface area contributed by atoms with E-state index in [1.165, 1.54) is 19.3 Å². The summed E-state index contributed by atoms with van der Waals surface area (Å²) in [6, 6.07) is 0. The molecule has 1 saturated carbocycles. The van der Waals surface area contributed by atoms with Crippen LogP contribution in [0.4, 0.5) is 0 Å². The second-order valence-corrected chi connectivity index (χ2v) is 2.85. The van der Waals surface area contributed by atoms with Crippen LogP contribution in [0, 0.1) is 0 Å². The number of hydrogen-bond donors (Lipinski definition) is 1. The van der Waals surface area contributed by atoms with Gasteiger partial charge >= 0.3 is 0 Å². The molecule has 1 N–H and O–H groups in total. The molecule has 0 aromatic heterocycles. The van der Waals surface area contributed by atoms with E-state index in [9.17, 15) is 4.79 Å². The number of amides is 1. The molecular weight excluding hydrogens is 142 g/mol. The average Bonchev–Trinajstić information content (AvgIpc) is 1.94. The zero-order chi connectivity index (χ0) is 8.10. The molecule has 0 heterocycles. The van der Waals surface area contributed by atoms with Crippen molar-refractivity contribution in [3.63, 3.8) is 0 Å². The van der Waals surface area contributed by atoms with E-state index in [-0.39, 0.29) is 5.91 Å². The molecule has 0 radical (unpaired) electrons. The summed E-state index contributed by atoms with van der Waals surface area (Å²) >= 11 is 0. The van der Waals surface area contributed by atoms with Gasteiger partial charge < -0.3 is 10.1 Å². The minimum Gasteiger partial charge on any atom is -0.378 e. The molecule has 0 atom stereocenters. The topological polar surface area (TPSA) is 38.3 Å². The summed E-state index contributed by atoms with van der Waals surface area (Å²) < 4.78 is 5.39. The van der Waals surface area contributed by atoms with E-state index in [2.05, 4.69) is 5.32 Å². The highest BCUT2D eigenvalue weighted by Gasteiger charge is 2.17. The predicted molar refractivity (Wildman–Crippen MR) is 42.3 cm³/mol. The highest BCUT2D eigenvalue weighted by molar-refractivity contribution is 5.75. The molecule has 0 saturated heterocycles. The lowest BCUT2D eigenvalue weighted by atomic mass is 9.96. The fraction of sp³-hybridized carbons (Fsp3) is 0.875. The van der Waals surface area contributed by atoms with E-state index in [1.54, 1.807) is 7.05 Å². The fourth-order valence-corrected chi connectivity index (χ4v) is 0.981. The van der Waals surface area contributed by atoms with E-state index < -0.39 is 0 Å². The summed E-state index contributed by atoms with van der Waals surface area (Å²) in [6.45, 7) is 0.574. The van der Waals surface area contributed by atoms with Crippen LogP contribution in [0.1, 0.15) is 25.7 Å². The van der Waals surface area contributed by atoms with Crippen molar-refractivity contribution in [1.82, 2.24) is 5.32 Å². The van der Waals surface area contributed by atoms with Gasteiger partial charge in [-0.1, -0.05) is 0 Å². The molecular formula is C8H15NO2. The Hall–Kier alpha value is -0.570. The first-order valence-corrected chi connectivity index (χ1v) is 4.15. The average molecular weight is 157 g/mol. The molecule has 0 aromatic rings. The van der Waals surface area contributed by atoms with E-state index in [0.29, 0.717) is 19.1 Å². The Labute approximate surface area is 67.1 Å². The first-order chi connectivity index (χ1) is 5.33. The molecule has 3 heteroatoms. The van der Waals surface area contributed by atoms with Gasteiger partial charge in [-0.05, 0) is 19.3 Å². The largest absolute Gasteiger partial charge is 0.378 e. The van der Waals surface area contributed by atoms with Crippen LogP contribution in [0.3, 0.4) is 0 Å². The van der Waals surface area contributed by atoms with Gasteiger partial charge in [-0.2, -0.15) is 0 Å². The number of carbonyl (C=O) groups excluding carboxylic acids is 1. The minimum atomic E-state index is 0.0596. The van der Waals surface area contributed by atoms with E-state index >= 15 is 0 Å². The van der Waals surface area contributed by atoms with Crippen LogP contribution in [0.2, 0.25) is 0 Å². The molecule has 0 aromatic carbocycles. The Bertz CT molecular complexity index is 132. The lowest BCUT2D eigenvalue weighted by molar-refractivity contribution is -0.122. The molecule has 0 unspecified atom stereocenters. The summed E-state index contributed by atoms with van der Waals surface area (Å²) in [4.78, 5) is 10.7. The minimum absolute atomic E-state index is 0.0596. The third kappa shape index (κ3) is 2.89. The van der Waals surface area contributed by atoms with Gasteiger partial charge in [0.1, 0.15) is 0 Å². The van der Waals surface area contributed by atoms with E-state index in [0.717, 1.165) is 0 Å². The van der Waals surface area contributed by atoms with Crippen molar-refractivity contribution in [3.05, 3.63) is 0 Å². The quantitative estimate of drug-likeness (QED) is 0.652. The van der Waals surface area contributed by atoms with Crippen LogP contribution in [0.25, 0.3) is 0 Å². The Morgan fingerprint density at radius 3 is 2.82 bits per heavy atom. The molecule has 0 bridgehead atoms. The van der Waals surface area contributed by atoms with Gasteiger partial charge in [-0.3, -0.25) is 4.79 Å². The Morgan fingerprint density at radius 2 is 2.36 bits per heavy atom. The van der Waals surface area contributed by atoms with Gasteiger partial charge in [0.05, 0.1) is 12.7 Å². The molecule has 1 fully saturated rings. The van der Waals surface area contributed by atoms with Gasteiger partial charge in [0, 0.05) is 13.5 Å². The molecule has 1 aliphatic rings. The van der Waals surface area contributed by atoms with Gasteiger partial charge in [0.2, 0.25) is 5.91 Å². The second-order valence-electron chi connectivity index (χ2n) is 2.85. The molecule has 1 aliphatic carbocycles. The number of hydrogen-bond acceptors (Lipinski definition) is 2. The molecule has 0 spiro atoms. The van der Waals surface area contributed by atoms with Crippen LogP contribution >= 0.6 is 0 Å². The third-order valence-electron chi connectivity index (χ3n) is 2.01. The highest BCUT2D eigenvalue weighted by atomic mass is 16.5. The van der Waals surface area contributed by atoms with Crippen molar-refractivity contribution in [2.45, 2.75) is 31.8 Å².